The highest BCUT2D eigenvalue weighted by molar-refractivity contribution is 6.01. The van der Waals surface area contributed by atoms with Gasteiger partial charge in [-0.2, -0.15) is 13.2 Å². The fraction of sp³-hybridized carbons (Fsp3) is 0.0833. The summed E-state index contributed by atoms with van der Waals surface area (Å²) in [5.74, 6) is -2.06. The second kappa shape index (κ2) is 3.90. The number of hydrogen-bond acceptors (Lipinski definition) is 2. The Kier molecular flexibility index (Phi) is 2.65. The fourth-order valence-electron chi connectivity index (χ4n) is 1.76. The Balaban J connectivity index is 2.83. The lowest BCUT2D eigenvalue weighted by atomic mass is 10.0. The molecule has 0 aromatic heterocycles. The summed E-state index contributed by atoms with van der Waals surface area (Å²) in [7, 11) is 0. The molecular weight excluding hydrogens is 249 g/mol. The molecule has 0 aliphatic heterocycles. The maximum atomic E-state index is 12.7. The van der Waals surface area contributed by atoms with E-state index in [0.717, 1.165) is 24.3 Å². The first kappa shape index (κ1) is 12.2. The Morgan fingerprint density at radius 1 is 1.06 bits per heavy atom. The molecule has 94 valence electrons. The van der Waals surface area contributed by atoms with Crippen LogP contribution in [0.4, 0.5) is 13.2 Å². The number of hydrogen-bond donors (Lipinski definition) is 2. The number of aromatic hydroxyl groups is 1. The van der Waals surface area contributed by atoms with Crippen molar-refractivity contribution in [2.75, 3.05) is 0 Å². The molecule has 2 aromatic rings. The van der Waals surface area contributed by atoms with Crippen molar-refractivity contribution in [3.8, 4) is 5.75 Å². The lowest BCUT2D eigenvalue weighted by Crippen LogP contribution is -2.06. The van der Waals surface area contributed by atoms with Gasteiger partial charge in [0.15, 0.2) is 0 Å². The van der Waals surface area contributed by atoms with Crippen molar-refractivity contribution in [1.29, 1.82) is 0 Å². The van der Waals surface area contributed by atoms with Gasteiger partial charge in [-0.3, -0.25) is 0 Å². The normalized spacial score (nSPS) is 11.7. The lowest BCUT2D eigenvalue weighted by molar-refractivity contribution is -0.136. The van der Waals surface area contributed by atoms with Crippen LogP contribution in [0.3, 0.4) is 0 Å². The number of fused-ring (bicyclic) bond motifs is 1. The van der Waals surface area contributed by atoms with Crippen LogP contribution in [-0.2, 0) is 6.18 Å². The summed E-state index contributed by atoms with van der Waals surface area (Å²) in [6.45, 7) is 0. The molecule has 0 radical (unpaired) electrons. The van der Waals surface area contributed by atoms with Crippen LogP contribution in [0.15, 0.2) is 30.3 Å². The Labute approximate surface area is 99.1 Å². The number of carboxylic acid groups (broad SMARTS) is 1. The van der Waals surface area contributed by atoms with Gasteiger partial charge in [-0.25, -0.2) is 4.79 Å². The van der Waals surface area contributed by atoms with Crippen LogP contribution in [0.25, 0.3) is 10.8 Å². The first-order valence-electron chi connectivity index (χ1n) is 4.87. The molecule has 0 atom stereocenters. The molecule has 0 heterocycles. The molecule has 6 heteroatoms. The van der Waals surface area contributed by atoms with Crippen LogP contribution >= 0.6 is 0 Å². The highest BCUT2D eigenvalue weighted by Gasteiger charge is 2.32. The van der Waals surface area contributed by atoms with Crippen molar-refractivity contribution in [2.45, 2.75) is 6.18 Å². The molecule has 2 rings (SSSR count). The van der Waals surface area contributed by atoms with Crippen molar-refractivity contribution in [3.05, 3.63) is 41.5 Å². The topological polar surface area (TPSA) is 57.5 Å². The number of alkyl halides is 3. The number of phenols is 1. The van der Waals surface area contributed by atoms with Gasteiger partial charge >= 0.3 is 12.1 Å². The minimum Gasteiger partial charge on any atom is -0.506 e. The van der Waals surface area contributed by atoms with Gasteiger partial charge in [0.25, 0.3) is 0 Å². The summed E-state index contributed by atoms with van der Waals surface area (Å²) < 4.78 is 38.1. The average molecular weight is 256 g/mol. The predicted octanol–water partition coefficient (Wildman–Crippen LogP) is 3.26. The van der Waals surface area contributed by atoms with E-state index in [9.17, 15) is 23.1 Å². The first-order valence-corrected chi connectivity index (χ1v) is 4.87. The Bertz CT molecular complexity index is 632. The summed E-state index contributed by atoms with van der Waals surface area (Å²) in [6.07, 6.45) is -4.56. The molecule has 0 fully saturated rings. The maximum Gasteiger partial charge on any atom is 0.417 e. The zero-order chi connectivity index (χ0) is 13.5. The van der Waals surface area contributed by atoms with E-state index in [0.29, 0.717) is 0 Å². The third-order valence-electron chi connectivity index (χ3n) is 2.57. The second-order valence-electron chi connectivity index (χ2n) is 3.67. The van der Waals surface area contributed by atoms with Crippen LogP contribution in [0.1, 0.15) is 15.9 Å². The molecule has 0 spiro atoms. The summed E-state index contributed by atoms with van der Waals surface area (Å²) in [5.41, 5.74) is -1.34. The number of carboxylic acids is 1. The minimum atomic E-state index is -4.56. The van der Waals surface area contributed by atoms with Gasteiger partial charge in [0.1, 0.15) is 11.3 Å². The van der Waals surface area contributed by atoms with E-state index in [1.165, 1.54) is 6.07 Å². The lowest BCUT2D eigenvalue weighted by Gasteiger charge is -2.11. The Morgan fingerprint density at radius 3 is 2.28 bits per heavy atom. The fourth-order valence-corrected chi connectivity index (χ4v) is 1.76. The van der Waals surface area contributed by atoms with Gasteiger partial charge < -0.3 is 10.2 Å². The summed E-state index contributed by atoms with van der Waals surface area (Å²) in [6, 6.07) is 5.24. The number of benzene rings is 2. The molecule has 0 aliphatic rings. The third kappa shape index (κ3) is 1.85. The quantitative estimate of drug-likeness (QED) is 0.823. The van der Waals surface area contributed by atoms with Gasteiger partial charge in [-0.15, -0.1) is 0 Å². The number of carbonyl (C=O) groups is 1. The molecule has 0 saturated heterocycles. The number of rotatable bonds is 1. The number of halogens is 3. The molecule has 0 amide bonds. The molecule has 0 unspecified atom stereocenters. The van der Waals surface area contributed by atoms with Gasteiger partial charge in [0, 0.05) is 5.39 Å². The molecule has 2 N–H and O–H groups in total. The van der Waals surface area contributed by atoms with Gasteiger partial charge in [0.2, 0.25) is 0 Å². The Hall–Kier alpha value is -2.24. The predicted molar refractivity (Wildman–Crippen MR) is 57.6 cm³/mol. The van der Waals surface area contributed by atoms with Crippen molar-refractivity contribution in [1.82, 2.24) is 0 Å². The highest BCUT2D eigenvalue weighted by Crippen LogP contribution is 2.38. The van der Waals surface area contributed by atoms with E-state index in [4.69, 9.17) is 5.11 Å². The smallest absolute Gasteiger partial charge is 0.417 e. The first-order chi connectivity index (χ1) is 8.32. The molecule has 3 nitrogen and oxygen atoms in total. The number of aromatic carboxylic acids is 1. The summed E-state index contributed by atoms with van der Waals surface area (Å²) in [5, 5.41) is 18.1. The van der Waals surface area contributed by atoms with Gasteiger partial charge in [-0.05, 0) is 17.5 Å². The molecule has 2 aromatic carbocycles. The van der Waals surface area contributed by atoms with E-state index in [-0.39, 0.29) is 10.8 Å². The van der Waals surface area contributed by atoms with E-state index < -0.39 is 29.0 Å². The van der Waals surface area contributed by atoms with Crippen LogP contribution in [0.5, 0.6) is 5.75 Å². The van der Waals surface area contributed by atoms with Crippen molar-refractivity contribution >= 4 is 16.7 Å². The third-order valence-corrected chi connectivity index (χ3v) is 2.57. The van der Waals surface area contributed by atoms with Crippen LogP contribution < -0.4 is 0 Å². The molecule has 0 aliphatic carbocycles. The minimum absolute atomic E-state index is 0.135. The Morgan fingerprint density at radius 2 is 1.72 bits per heavy atom. The van der Waals surface area contributed by atoms with Crippen LogP contribution in [-0.4, -0.2) is 16.2 Å². The molecular formula is C12H7F3O3. The van der Waals surface area contributed by atoms with Crippen LogP contribution in [0, 0.1) is 0 Å². The maximum absolute atomic E-state index is 12.7. The monoisotopic (exact) mass is 256 g/mol. The van der Waals surface area contributed by atoms with Crippen molar-refractivity contribution in [3.63, 3.8) is 0 Å². The van der Waals surface area contributed by atoms with E-state index in [1.54, 1.807) is 0 Å². The van der Waals surface area contributed by atoms with Gasteiger partial charge in [-0.1, -0.05) is 18.2 Å². The van der Waals surface area contributed by atoms with Gasteiger partial charge in [0.05, 0.1) is 5.56 Å². The summed E-state index contributed by atoms with van der Waals surface area (Å²) in [4.78, 5) is 10.8. The van der Waals surface area contributed by atoms with Crippen molar-refractivity contribution < 1.29 is 28.2 Å². The highest BCUT2D eigenvalue weighted by atomic mass is 19.4. The second-order valence-corrected chi connectivity index (χ2v) is 3.67. The summed E-state index contributed by atoms with van der Waals surface area (Å²) >= 11 is 0. The molecule has 0 bridgehead atoms. The zero-order valence-corrected chi connectivity index (χ0v) is 8.82. The zero-order valence-electron chi connectivity index (χ0n) is 8.82. The van der Waals surface area contributed by atoms with E-state index in [2.05, 4.69) is 0 Å². The van der Waals surface area contributed by atoms with Crippen LogP contribution in [0.2, 0.25) is 0 Å². The standard InChI is InChI=1S/C12H7F3O3/c13-12(14,15)9-3-1-2-7-6(9)4-5-8(10(7)16)11(17)18/h1-5,16H,(H,17,18). The molecule has 0 saturated carbocycles. The SMILES string of the molecule is O=C(O)c1ccc2c(C(F)(F)F)cccc2c1O. The largest absolute Gasteiger partial charge is 0.506 e. The van der Waals surface area contributed by atoms with Crippen molar-refractivity contribution in [2.24, 2.45) is 0 Å². The van der Waals surface area contributed by atoms with E-state index in [1.807, 2.05) is 0 Å². The van der Waals surface area contributed by atoms with E-state index >= 15 is 0 Å². The average Bonchev–Trinajstić information content (AvgIpc) is 2.27. The molecule has 18 heavy (non-hydrogen) atoms.